The Balaban J connectivity index is 1.64. The highest BCUT2D eigenvalue weighted by atomic mass is 16.5. The molecule has 1 saturated heterocycles. The lowest BCUT2D eigenvalue weighted by Gasteiger charge is -2.36. The third-order valence-electron chi connectivity index (χ3n) is 4.43. The Hall–Kier alpha value is -2.32. The molecule has 1 amide bonds. The highest BCUT2D eigenvalue weighted by molar-refractivity contribution is 5.79. The summed E-state index contributed by atoms with van der Waals surface area (Å²) in [5.74, 6) is 0.810. The van der Waals surface area contributed by atoms with Crippen LogP contribution in [0, 0.1) is 6.92 Å². The summed E-state index contributed by atoms with van der Waals surface area (Å²) in [6, 6.07) is 7.68. The first-order valence-corrected chi connectivity index (χ1v) is 7.99. The Bertz CT molecular complexity index is 699. The average Bonchev–Trinajstić information content (AvgIpc) is 3.02. The third kappa shape index (κ3) is 3.44. The van der Waals surface area contributed by atoms with E-state index in [1.54, 1.807) is 11.8 Å². The van der Waals surface area contributed by atoms with Gasteiger partial charge in [-0.25, -0.2) is 0 Å². The first kappa shape index (κ1) is 16.5. The number of ether oxygens (including phenoxy) is 1. The third-order valence-corrected chi connectivity index (χ3v) is 4.43. The Morgan fingerprint density at radius 2 is 2.12 bits per heavy atom. The molecular weight excluding hydrogens is 308 g/mol. The van der Waals surface area contributed by atoms with E-state index >= 15 is 0 Å². The monoisotopic (exact) mass is 330 g/mol. The smallest absolute Gasteiger partial charge is 0.227 e. The molecule has 8 nitrogen and oxygen atoms in total. The molecule has 2 heterocycles. The molecule has 1 aromatic carbocycles. The zero-order valence-electron chi connectivity index (χ0n) is 13.9. The van der Waals surface area contributed by atoms with Crippen molar-refractivity contribution in [1.82, 2.24) is 25.1 Å². The number of rotatable bonds is 4. The van der Waals surface area contributed by atoms with Gasteiger partial charge in [-0.2, -0.15) is 4.68 Å². The largest absolute Gasteiger partial charge is 0.378 e. The van der Waals surface area contributed by atoms with Crippen LogP contribution in [0.2, 0.25) is 0 Å². The summed E-state index contributed by atoms with van der Waals surface area (Å²) in [5.41, 5.74) is 7.83. The Morgan fingerprint density at radius 1 is 1.38 bits per heavy atom. The number of carbonyl (C=O) groups excluding carboxylic acids is 1. The van der Waals surface area contributed by atoms with Crippen molar-refractivity contribution in [1.29, 1.82) is 0 Å². The van der Waals surface area contributed by atoms with Crippen LogP contribution in [0.4, 0.5) is 0 Å². The maximum atomic E-state index is 12.5. The fourth-order valence-corrected chi connectivity index (χ4v) is 2.92. The van der Waals surface area contributed by atoms with Crippen LogP contribution in [0.15, 0.2) is 24.3 Å². The van der Waals surface area contributed by atoms with E-state index in [1.165, 1.54) is 0 Å². The summed E-state index contributed by atoms with van der Waals surface area (Å²) < 4.78 is 7.02. The van der Waals surface area contributed by atoms with Crippen molar-refractivity contribution < 1.29 is 9.53 Å². The predicted octanol–water partition coefficient (Wildman–Crippen LogP) is 0.0878. The molecule has 1 aliphatic heterocycles. The molecule has 0 saturated carbocycles. The zero-order valence-corrected chi connectivity index (χ0v) is 13.9. The number of tetrazole rings is 1. The highest BCUT2D eigenvalue weighted by Gasteiger charge is 2.29. The fraction of sp³-hybridized carbons (Fsp3) is 0.500. The van der Waals surface area contributed by atoms with E-state index in [2.05, 4.69) is 15.5 Å². The van der Waals surface area contributed by atoms with Gasteiger partial charge in [0.25, 0.3) is 0 Å². The number of amides is 1. The van der Waals surface area contributed by atoms with Crippen LogP contribution in [0.3, 0.4) is 0 Å². The number of piperidine rings is 1. The summed E-state index contributed by atoms with van der Waals surface area (Å²) in [7, 11) is 1.64. The highest BCUT2D eigenvalue weighted by Crippen LogP contribution is 2.15. The second kappa shape index (κ2) is 7.06. The summed E-state index contributed by atoms with van der Waals surface area (Å²) in [5, 5.41) is 11.4. The van der Waals surface area contributed by atoms with E-state index in [4.69, 9.17) is 10.5 Å². The number of benzene rings is 1. The maximum absolute atomic E-state index is 12.5. The Kier molecular flexibility index (Phi) is 4.86. The lowest BCUT2D eigenvalue weighted by molar-refractivity contribution is -0.134. The summed E-state index contributed by atoms with van der Waals surface area (Å²) in [6.45, 7) is 3.07. The number of aromatic nitrogens is 4. The molecule has 0 spiro atoms. The van der Waals surface area contributed by atoms with Crippen molar-refractivity contribution in [2.75, 3.05) is 20.2 Å². The molecule has 24 heavy (non-hydrogen) atoms. The number of aryl methyl sites for hydroxylation is 1. The van der Waals surface area contributed by atoms with E-state index in [-0.39, 0.29) is 18.1 Å². The van der Waals surface area contributed by atoms with Gasteiger partial charge >= 0.3 is 0 Å². The van der Waals surface area contributed by atoms with Gasteiger partial charge in [-0.05, 0) is 41.5 Å². The van der Waals surface area contributed by atoms with Crippen LogP contribution < -0.4 is 5.73 Å². The van der Waals surface area contributed by atoms with E-state index in [0.29, 0.717) is 25.3 Å². The van der Waals surface area contributed by atoms with Gasteiger partial charge in [-0.15, -0.1) is 5.10 Å². The first-order valence-electron chi connectivity index (χ1n) is 7.99. The van der Waals surface area contributed by atoms with Gasteiger partial charge < -0.3 is 15.4 Å². The normalized spacial score (nSPS) is 21.0. The van der Waals surface area contributed by atoms with Crippen LogP contribution in [0.5, 0.6) is 0 Å². The van der Waals surface area contributed by atoms with E-state index in [1.807, 2.05) is 36.1 Å². The predicted molar refractivity (Wildman–Crippen MR) is 87.6 cm³/mol. The first-order chi connectivity index (χ1) is 11.6. The molecule has 2 atom stereocenters. The van der Waals surface area contributed by atoms with E-state index in [0.717, 1.165) is 17.7 Å². The molecule has 8 heteroatoms. The molecule has 0 aliphatic carbocycles. The Morgan fingerprint density at radius 3 is 2.75 bits per heavy atom. The van der Waals surface area contributed by atoms with Gasteiger partial charge in [-0.1, -0.05) is 12.1 Å². The minimum Gasteiger partial charge on any atom is -0.378 e. The minimum atomic E-state index is -0.0899. The molecule has 2 aromatic rings. The van der Waals surface area contributed by atoms with Gasteiger partial charge in [0.2, 0.25) is 5.91 Å². The van der Waals surface area contributed by atoms with Gasteiger partial charge in [0, 0.05) is 26.2 Å². The standard InChI is InChI=1S/C16H22N6O2/c1-11-18-19-20-22(11)13-5-3-12(4-6-13)9-16(23)21-8-7-14(17)15(10-21)24-2/h3-6,14-15H,7-10,17H2,1-2H3/t14-,15+/m0/s1. The van der Waals surface area contributed by atoms with Gasteiger partial charge in [-0.3, -0.25) is 4.79 Å². The topological polar surface area (TPSA) is 99.2 Å². The van der Waals surface area contributed by atoms with Crippen molar-refractivity contribution in [3.05, 3.63) is 35.7 Å². The summed E-state index contributed by atoms with van der Waals surface area (Å²) in [4.78, 5) is 14.3. The maximum Gasteiger partial charge on any atom is 0.227 e. The molecular formula is C16H22N6O2. The van der Waals surface area contributed by atoms with Gasteiger partial charge in [0.05, 0.1) is 18.2 Å². The summed E-state index contributed by atoms with van der Waals surface area (Å²) >= 11 is 0. The molecule has 0 unspecified atom stereocenters. The molecule has 1 aromatic heterocycles. The molecule has 1 aliphatic rings. The van der Waals surface area contributed by atoms with Crippen molar-refractivity contribution in [3.63, 3.8) is 0 Å². The lowest BCUT2D eigenvalue weighted by Crippen LogP contribution is -2.53. The zero-order chi connectivity index (χ0) is 17.1. The molecule has 2 N–H and O–H groups in total. The number of nitrogens with two attached hydrogens (primary N) is 1. The quantitative estimate of drug-likeness (QED) is 0.853. The second-order valence-electron chi connectivity index (χ2n) is 6.05. The van der Waals surface area contributed by atoms with Gasteiger partial charge in [0.1, 0.15) is 0 Å². The van der Waals surface area contributed by atoms with Crippen molar-refractivity contribution in [2.24, 2.45) is 5.73 Å². The number of methoxy groups -OCH3 is 1. The molecule has 0 bridgehead atoms. The van der Waals surface area contributed by atoms with Crippen molar-refractivity contribution >= 4 is 5.91 Å². The van der Waals surface area contributed by atoms with Crippen LogP contribution in [0.1, 0.15) is 17.8 Å². The number of hydrogen-bond acceptors (Lipinski definition) is 6. The molecule has 1 fully saturated rings. The minimum absolute atomic E-state index is 0.00198. The number of carbonyl (C=O) groups is 1. The van der Waals surface area contributed by atoms with Crippen LogP contribution >= 0.6 is 0 Å². The SMILES string of the molecule is CO[C@@H]1CN(C(=O)Cc2ccc(-n3nnnc3C)cc2)CC[C@@H]1N. The van der Waals surface area contributed by atoms with Crippen LogP contribution in [-0.2, 0) is 16.0 Å². The molecule has 128 valence electrons. The molecule has 0 radical (unpaired) electrons. The van der Waals surface area contributed by atoms with Crippen LogP contribution in [-0.4, -0.2) is 63.4 Å². The average molecular weight is 330 g/mol. The van der Waals surface area contributed by atoms with E-state index < -0.39 is 0 Å². The van der Waals surface area contributed by atoms with Crippen molar-refractivity contribution in [2.45, 2.75) is 31.9 Å². The van der Waals surface area contributed by atoms with Crippen LogP contribution in [0.25, 0.3) is 5.69 Å². The number of nitrogens with zero attached hydrogens (tertiary/aromatic N) is 5. The Labute approximate surface area is 140 Å². The number of hydrogen-bond donors (Lipinski definition) is 1. The van der Waals surface area contributed by atoms with Gasteiger partial charge in [0.15, 0.2) is 5.82 Å². The summed E-state index contributed by atoms with van der Waals surface area (Å²) in [6.07, 6.45) is 1.04. The molecule has 3 rings (SSSR count). The fourth-order valence-electron chi connectivity index (χ4n) is 2.92. The lowest BCUT2D eigenvalue weighted by atomic mass is 10.0. The van der Waals surface area contributed by atoms with Crippen molar-refractivity contribution in [3.8, 4) is 5.69 Å². The number of likely N-dealkylation sites (tertiary alicyclic amines) is 1. The van der Waals surface area contributed by atoms with E-state index in [9.17, 15) is 4.79 Å². The second-order valence-corrected chi connectivity index (χ2v) is 6.05.